The van der Waals surface area contributed by atoms with Crippen molar-refractivity contribution < 1.29 is 18.0 Å². The summed E-state index contributed by atoms with van der Waals surface area (Å²) in [6, 6.07) is 12.0. The Hall–Kier alpha value is -2.10. The van der Waals surface area contributed by atoms with Crippen LogP contribution in [0.4, 0.5) is 13.2 Å². The summed E-state index contributed by atoms with van der Waals surface area (Å²) >= 11 is 0. The predicted octanol–water partition coefficient (Wildman–Crippen LogP) is 4.69. The minimum atomic E-state index is -4.35. The Labute approximate surface area is 121 Å². The van der Waals surface area contributed by atoms with E-state index in [4.69, 9.17) is 0 Å². The van der Waals surface area contributed by atoms with Crippen molar-refractivity contribution in [2.24, 2.45) is 0 Å². The van der Waals surface area contributed by atoms with Crippen molar-refractivity contribution in [3.63, 3.8) is 0 Å². The van der Waals surface area contributed by atoms with Crippen molar-refractivity contribution in [1.82, 2.24) is 0 Å². The zero-order chi connectivity index (χ0) is 15.5. The molecule has 0 unspecified atom stereocenters. The van der Waals surface area contributed by atoms with E-state index in [1.165, 1.54) is 12.1 Å². The van der Waals surface area contributed by atoms with E-state index in [0.29, 0.717) is 11.1 Å². The van der Waals surface area contributed by atoms with Crippen LogP contribution in [0.5, 0.6) is 0 Å². The van der Waals surface area contributed by atoms with Gasteiger partial charge in [0.05, 0.1) is 5.56 Å². The third-order valence-corrected chi connectivity index (χ3v) is 3.33. The fourth-order valence-electron chi connectivity index (χ4n) is 2.03. The lowest BCUT2D eigenvalue weighted by atomic mass is 10.0. The van der Waals surface area contributed by atoms with Crippen molar-refractivity contribution in [2.75, 3.05) is 0 Å². The van der Waals surface area contributed by atoms with Crippen molar-refractivity contribution in [3.8, 4) is 0 Å². The fourth-order valence-corrected chi connectivity index (χ4v) is 2.03. The van der Waals surface area contributed by atoms with Gasteiger partial charge >= 0.3 is 6.18 Å². The Balaban J connectivity index is 2.08. The Kier molecular flexibility index (Phi) is 4.46. The molecule has 110 valence electrons. The number of ketones is 1. The summed E-state index contributed by atoms with van der Waals surface area (Å²) in [6.45, 7) is 2.03. The van der Waals surface area contributed by atoms with Crippen molar-refractivity contribution >= 4 is 5.78 Å². The summed E-state index contributed by atoms with van der Waals surface area (Å²) in [7, 11) is 0. The van der Waals surface area contributed by atoms with E-state index >= 15 is 0 Å². The Morgan fingerprint density at radius 1 is 0.905 bits per heavy atom. The number of carbonyl (C=O) groups is 1. The molecule has 0 saturated heterocycles. The Bertz CT molecular complexity index is 610. The molecule has 0 aliphatic rings. The molecule has 2 aromatic rings. The monoisotopic (exact) mass is 292 g/mol. The summed E-state index contributed by atoms with van der Waals surface area (Å²) in [6.07, 6.45) is -3.35. The number of Topliss-reactive ketones (excluding diaryl/α,β-unsaturated/α-hetero) is 1. The van der Waals surface area contributed by atoms with Gasteiger partial charge in [-0.25, -0.2) is 0 Å². The number of aryl methyl sites for hydroxylation is 1. The van der Waals surface area contributed by atoms with Crippen LogP contribution in [0.15, 0.2) is 48.5 Å². The lowest BCUT2D eigenvalue weighted by molar-refractivity contribution is -0.137. The first-order valence-electron chi connectivity index (χ1n) is 6.68. The fraction of sp³-hybridized carbons (Fsp3) is 0.235. The van der Waals surface area contributed by atoms with Gasteiger partial charge in [-0.1, -0.05) is 43.3 Å². The molecule has 0 spiro atoms. The summed E-state index contributed by atoms with van der Waals surface area (Å²) in [4.78, 5) is 12.1. The highest BCUT2D eigenvalue weighted by molar-refractivity contribution is 5.97. The molecular formula is C17H15F3O. The number of hydrogen-bond donors (Lipinski definition) is 0. The Morgan fingerprint density at radius 2 is 1.43 bits per heavy atom. The van der Waals surface area contributed by atoms with E-state index in [-0.39, 0.29) is 12.2 Å². The molecule has 0 bridgehead atoms. The molecule has 4 heteroatoms. The third kappa shape index (κ3) is 3.94. The van der Waals surface area contributed by atoms with E-state index in [2.05, 4.69) is 0 Å². The molecule has 0 radical (unpaired) electrons. The number of rotatable bonds is 4. The summed E-state index contributed by atoms with van der Waals surface area (Å²) < 4.78 is 37.4. The largest absolute Gasteiger partial charge is 0.416 e. The highest BCUT2D eigenvalue weighted by atomic mass is 19.4. The number of hydrogen-bond acceptors (Lipinski definition) is 1. The molecule has 0 saturated carbocycles. The highest BCUT2D eigenvalue weighted by Crippen LogP contribution is 2.29. The van der Waals surface area contributed by atoms with Crippen LogP contribution >= 0.6 is 0 Å². The zero-order valence-corrected chi connectivity index (χ0v) is 11.6. The minimum absolute atomic E-state index is 0.0996. The second-order valence-corrected chi connectivity index (χ2v) is 4.85. The third-order valence-electron chi connectivity index (χ3n) is 3.33. The molecule has 1 nitrogen and oxygen atoms in total. The minimum Gasteiger partial charge on any atom is -0.294 e. The van der Waals surface area contributed by atoms with Crippen LogP contribution in [0, 0.1) is 0 Å². The van der Waals surface area contributed by atoms with Gasteiger partial charge in [0.1, 0.15) is 0 Å². The van der Waals surface area contributed by atoms with Crippen LogP contribution in [-0.2, 0) is 19.0 Å². The van der Waals surface area contributed by atoms with E-state index in [1.807, 2.05) is 19.1 Å². The molecular weight excluding hydrogens is 277 g/mol. The maximum atomic E-state index is 12.5. The van der Waals surface area contributed by atoms with Gasteiger partial charge in [0.15, 0.2) is 5.78 Å². The number of benzene rings is 2. The molecule has 21 heavy (non-hydrogen) atoms. The van der Waals surface area contributed by atoms with Gasteiger partial charge in [0.2, 0.25) is 0 Å². The quantitative estimate of drug-likeness (QED) is 0.747. The van der Waals surface area contributed by atoms with Crippen molar-refractivity contribution in [3.05, 3.63) is 70.8 Å². The average Bonchev–Trinajstić information content (AvgIpc) is 2.47. The van der Waals surface area contributed by atoms with E-state index in [1.54, 1.807) is 12.1 Å². The summed E-state index contributed by atoms with van der Waals surface area (Å²) in [5.74, 6) is -0.0996. The van der Waals surface area contributed by atoms with Crippen LogP contribution < -0.4 is 0 Å². The number of carbonyl (C=O) groups excluding carboxylic acids is 1. The van der Waals surface area contributed by atoms with Gasteiger partial charge in [0.25, 0.3) is 0 Å². The van der Waals surface area contributed by atoms with Crippen LogP contribution in [-0.4, -0.2) is 5.78 Å². The van der Waals surface area contributed by atoms with Crippen LogP contribution in [0.2, 0.25) is 0 Å². The topological polar surface area (TPSA) is 17.1 Å². The van der Waals surface area contributed by atoms with Gasteiger partial charge in [-0.2, -0.15) is 13.2 Å². The molecule has 0 atom stereocenters. The first-order valence-corrected chi connectivity index (χ1v) is 6.68. The average molecular weight is 292 g/mol. The van der Waals surface area contributed by atoms with Crippen LogP contribution in [0.1, 0.15) is 34.0 Å². The van der Waals surface area contributed by atoms with Crippen LogP contribution in [0.25, 0.3) is 0 Å². The SMILES string of the molecule is CCc1ccc(C(=O)Cc2ccc(C(F)(F)F)cc2)cc1. The second-order valence-electron chi connectivity index (χ2n) is 4.85. The van der Waals surface area contributed by atoms with E-state index in [0.717, 1.165) is 24.1 Å². The van der Waals surface area contributed by atoms with Gasteiger partial charge in [-0.05, 0) is 29.7 Å². The van der Waals surface area contributed by atoms with Crippen molar-refractivity contribution in [1.29, 1.82) is 0 Å². The van der Waals surface area contributed by atoms with Gasteiger partial charge in [0, 0.05) is 12.0 Å². The smallest absolute Gasteiger partial charge is 0.294 e. The van der Waals surface area contributed by atoms with E-state index < -0.39 is 11.7 Å². The molecule has 0 amide bonds. The highest BCUT2D eigenvalue weighted by Gasteiger charge is 2.29. The molecule has 0 aromatic heterocycles. The molecule has 0 aliphatic carbocycles. The maximum Gasteiger partial charge on any atom is 0.416 e. The van der Waals surface area contributed by atoms with Crippen molar-refractivity contribution in [2.45, 2.75) is 25.9 Å². The lowest BCUT2D eigenvalue weighted by Crippen LogP contribution is -2.06. The number of alkyl halides is 3. The van der Waals surface area contributed by atoms with E-state index in [9.17, 15) is 18.0 Å². The summed E-state index contributed by atoms with van der Waals surface area (Å²) in [5.41, 5.74) is 1.59. The molecule has 0 N–H and O–H groups in total. The van der Waals surface area contributed by atoms with Gasteiger partial charge < -0.3 is 0 Å². The summed E-state index contributed by atoms with van der Waals surface area (Å²) in [5, 5.41) is 0. The first kappa shape index (κ1) is 15.3. The molecule has 0 heterocycles. The second kappa shape index (κ2) is 6.12. The van der Waals surface area contributed by atoms with Gasteiger partial charge in [-0.15, -0.1) is 0 Å². The predicted molar refractivity (Wildman–Crippen MR) is 75.3 cm³/mol. The Morgan fingerprint density at radius 3 is 1.90 bits per heavy atom. The number of halogens is 3. The van der Waals surface area contributed by atoms with Crippen LogP contribution in [0.3, 0.4) is 0 Å². The molecule has 2 aromatic carbocycles. The molecule has 2 rings (SSSR count). The normalized spacial score (nSPS) is 11.4. The first-order chi connectivity index (χ1) is 9.90. The molecule has 0 fully saturated rings. The maximum absolute atomic E-state index is 12.5. The lowest BCUT2D eigenvalue weighted by Gasteiger charge is -2.07. The zero-order valence-electron chi connectivity index (χ0n) is 11.6. The molecule has 0 aliphatic heterocycles. The standard InChI is InChI=1S/C17H15F3O/c1-2-12-3-7-14(8-4-12)16(21)11-13-5-9-15(10-6-13)17(18,19)20/h3-10H,2,11H2,1H3. The van der Waals surface area contributed by atoms with Gasteiger partial charge in [-0.3, -0.25) is 4.79 Å².